The molecule has 1 aromatic heterocycles. The van der Waals surface area contributed by atoms with E-state index in [1.54, 1.807) is 17.0 Å². The van der Waals surface area contributed by atoms with Crippen molar-refractivity contribution in [2.24, 2.45) is 0 Å². The first-order chi connectivity index (χ1) is 11.5. The zero-order valence-electron chi connectivity index (χ0n) is 13.5. The number of thiophene rings is 1. The van der Waals surface area contributed by atoms with E-state index in [1.807, 2.05) is 18.2 Å². The van der Waals surface area contributed by atoms with Crippen molar-refractivity contribution in [2.75, 3.05) is 42.3 Å². The summed E-state index contributed by atoms with van der Waals surface area (Å²) in [6.45, 7) is 7.30. The van der Waals surface area contributed by atoms with Gasteiger partial charge in [0.1, 0.15) is 4.21 Å². The quantitative estimate of drug-likeness (QED) is 0.825. The second-order valence-electron chi connectivity index (χ2n) is 5.77. The first-order valence-electron chi connectivity index (χ1n) is 7.95. The highest BCUT2D eigenvalue weighted by molar-refractivity contribution is 7.94. The molecule has 1 fully saturated rings. The molecule has 5 nitrogen and oxygen atoms in total. The number of quaternary nitrogens is 1. The van der Waals surface area contributed by atoms with Gasteiger partial charge in [0.25, 0.3) is 10.0 Å². The summed E-state index contributed by atoms with van der Waals surface area (Å²) in [6.07, 6.45) is 0. The molecule has 2 heterocycles. The van der Waals surface area contributed by atoms with Crippen LogP contribution in [0.3, 0.4) is 0 Å². The molecular weight excluding hydrogens is 366 g/mol. The number of hydrogen-bond donors (Lipinski definition) is 2. The highest BCUT2D eigenvalue weighted by atomic mass is 35.5. The van der Waals surface area contributed by atoms with Crippen LogP contribution in [0.1, 0.15) is 6.92 Å². The zero-order valence-corrected chi connectivity index (χ0v) is 15.8. The van der Waals surface area contributed by atoms with Gasteiger partial charge in [0, 0.05) is 0 Å². The second-order valence-corrected chi connectivity index (χ2v) is 9.40. The van der Waals surface area contributed by atoms with Crippen molar-refractivity contribution in [3.8, 4) is 0 Å². The van der Waals surface area contributed by atoms with Crippen molar-refractivity contribution >= 4 is 44.3 Å². The van der Waals surface area contributed by atoms with Crippen LogP contribution in [0.4, 0.5) is 11.4 Å². The minimum atomic E-state index is -3.62. The summed E-state index contributed by atoms with van der Waals surface area (Å²) in [6, 6.07) is 10.7. The number of anilines is 2. The standard InChI is InChI=1S/C16H20ClN3O2S2/c1-2-19-9-11-20(12-10-19)14-6-4-3-5-13(14)18-24(21,22)16-8-7-15(17)23-16/h3-8,18H,2,9-12H2,1H3/p+1. The Kier molecular flexibility index (Phi) is 5.34. The number of rotatable bonds is 5. The monoisotopic (exact) mass is 386 g/mol. The number of nitrogens with one attached hydrogen (secondary N) is 2. The van der Waals surface area contributed by atoms with Crippen LogP contribution < -0.4 is 14.5 Å². The lowest BCUT2D eigenvalue weighted by Gasteiger charge is -2.34. The largest absolute Gasteiger partial charge is 0.359 e. The number of nitrogens with zero attached hydrogens (tertiary/aromatic N) is 1. The topological polar surface area (TPSA) is 53.9 Å². The van der Waals surface area contributed by atoms with E-state index in [2.05, 4.69) is 16.5 Å². The van der Waals surface area contributed by atoms with Crippen LogP contribution in [-0.4, -0.2) is 41.1 Å². The molecule has 0 saturated carbocycles. The SMILES string of the molecule is CC[NH+]1CCN(c2ccccc2NS(=O)(=O)c2ccc(Cl)s2)CC1. The summed E-state index contributed by atoms with van der Waals surface area (Å²) < 4.78 is 28.5. The van der Waals surface area contributed by atoms with Crippen molar-refractivity contribution in [3.05, 3.63) is 40.7 Å². The lowest BCUT2D eigenvalue weighted by atomic mass is 10.2. The summed E-state index contributed by atoms with van der Waals surface area (Å²) in [7, 11) is -3.62. The Morgan fingerprint density at radius 2 is 1.92 bits per heavy atom. The molecule has 1 aliphatic rings. The summed E-state index contributed by atoms with van der Waals surface area (Å²) in [4.78, 5) is 3.83. The molecule has 0 amide bonds. The number of likely N-dealkylation sites (N-methyl/N-ethyl adjacent to an activating group) is 1. The lowest BCUT2D eigenvalue weighted by molar-refractivity contribution is -0.898. The maximum atomic E-state index is 12.6. The van der Waals surface area contributed by atoms with Gasteiger partial charge in [-0.25, -0.2) is 8.42 Å². The van der Waals surface area contributed by atoms with E-state index in [-0.39, 0.29) is 4.21 Å². The van der Waals surface area contributed by atoms with Gasteiger partial charge in [0.15, 0.2) is 0 Å². The molecule has 3 rings (SSSR count). The molecule has 0 spiro atoms. The summed E-state index contributed by atoms with van der Waals surface area (Å²) in [5, 5.41) is 0. The highest BCUT2D eigenvalue weighted by Gasteiger charge is 2.23. The van der Waals surface area contributed by atoms with Gasteiger partial charge in [-0.15, -0.1) is 11.3 Å². The molecule has 2 N–H and O–H groups in total. The number of benzene rings is 1. The fourth-order valence-corrected chi connectivity index (χ4v) is 5.45. The van der Waals surface area contributed by atoms with E-state index in [1.165, 1.54) is 6.07 Å². The molecule has 8 heteroatoms. The minimum absolute atomic E-state index is 0.225. The molecule has 0 unspecified atom stereocenters. The van der Waals surface area contributed by atoms with Gasteiger partial charge in [-0.05, 0) is 31.2 Å². The highest BCUT2D eigenvalue weighted by Crippen LogP contribution is 2.31. The predicted octanol–water partition coefficient (Wildman–Crippen LogP) is 1.93. The summed E-state index contributed by atoms with van der Waals surface area (Å²) >= 11 is 6.92. The summed E-state index contributed by atoms with van der Waals surface area (Å²) in [5.74, 6) is 0. The van der Waals surface area contributed by atoms with Crippen molar-refractivity contribution in [1.82, 2.24) is 0 Å². The number of sulfonamides is 1. The van der Waals surface area contributed by atoms with Gasteiger partial charge >= 0.3 is 0 Å². The first kappa shape index (κ1) is 17.5. The maximum absolute atomic E-state index is 12.6. The third-order valence-corrected chi connectivity index (χ3v) is 7.36. The molecule has 0 aliphatic carbocycles. The number of piperazine rings is 1. The maximum Gasteiger partial charge on any atom is 0.271 e. The van der Waals surface area contributed by atoms with Crippen molar-refractivity contribution in [3.63, 3.8) is 0 Å². The van der Waals surface area contributed by atoms with Gasteiger partial charge in [0.2, 0.25) is 0 Å². The van der Waals surface area contributed by atoms with E-state index >= 15 is 0 Å². The Labute approximate surface area is 151 Å². The smallest absolute Gasteiger partial charge is 0.271 e. The first-order valence-corrected chi connectivity index (χ1v) is 10.6. The number of halogens is 1. The molecule has 1 aromatic carbocycles. The Hall–Kier alpha value is -1.28. The van der Waals surface area contributed by atoms with Crippen LogP contribution >= 0.6 is 22.9 Å². The van der Waals surface area contributed by atoms with Crippen LogP contribution in [0.2, 0.25) is 4.34 Å². The van der Waals surface area contributed by atoms with Gasteiger partial charge in [-0.1, -0.05) is 23.7 Å². The molecular formula is C16H21ClN3O2S2+. The number of hydrogen-bond acceptors (Lipinski definition) is 4. The average molecular weight is 387 g/mol. The molecule has 2 aromatic rings. The fourth-order valence-electron chi connectivity index (χ4n) is 2.89. The third kappa shape index (κ3) is 3.85. The minimum Gasteiger partial charge on any atom is -0.359 e. The van der Waals surface area contributed by atoms with E-state index < -0.39 is 10.0 Å². The van der Waals surface area contributed by atoms with Crippen molar-refractivity contribution < 1.29 is 13.3 Å². The Balaban J connectivity index is 1.82. The normalized spacial score (nSPS) is 16.3. The Bertz CT molecular complexity index is 799. The molecule has 0 bridgehead atoms. The van der Waals surface area contributed by atoms with Gasteiger partial charge in [0.05, 0.1) is 48.4 Å². The van der Waals surface area contributed by atoms with Crippen LogP contribution in [-0.2, 0) is 10.0 Å². The zero-order chi connectivity index (χ0) is 17.2. The predicted molar refractivity (Wildman–Crippen MR) is 100 cm³/mol. The van der Waals surface area contributed by atoms with E-state index in [0.29, 0.717) is 10.0 Å². The molecule has 0 atom stereocenters. The summed E-state index contributed by atoms with van der Waals surface area (Å²) in [5.41, 5.74) is 1.54. The molecule has 130 valence electrons. The van der Waals surface area contributed by atoms with E-state index in [9.17, 15) is 8.42 Å². The molecule has 0 radical (unpaired) electrons. The molecule has 24 heavy (non-hydrogen) atoms. The van der Waals surface area contributed by atoms with Crippen LogP contribution in [0.15, 0.2) is 40.6 Å². The second kappa shape index (κ2) is 7.31. The van der Waals surface area contributed by atoms with Crippen LogP contribution in [0.25, 0.3) is 0 Å². The molecule has 1 saturated heterocycles. The van der Waals surface area contributed by atoms with E-state index in [4.69, 9.17) is 11.6 Å². The Morgan fingerprint density at radius 3 is 2.54 bits per heavy atom. The Morgan fingerprint density at radius 1 is 1.21 bits per heavy atom. The van der Waals surface area contributed by atoms with Gasteiger partial charge < -0.3 is 9.80 Å². The number of para-hydroxylation sites is 2. The van der Waals surface area contributed by atoms with E-state index in [0.717, 1.165) is 49.7 Å². The fraction of sp³-hybridized carbons (Fsp3) is 0.375. The molecule has 1 aliphatic heterocycles. The van der Waals surface area contributed by atoms with Gasteiger partial charge in [-0.2, -0.15) is 0 Å². The van der Waals surface area contributed by atoms with Crippen LogP contribution in [0.5, 0.6) is 0 Å². The third-order valence-electron chi connectivity index (χ3n) is 4.27. The average Bonchev–Trinajstić information content (AvgIpc) is 3.03. The lowest BCUT2D eigenvalue weighted by Crippen LogP contribution is -3.14. The van der Waals surface area contributed by atoms with Crippen molar-refractivity contribution in [2.45, 2.75) is 11.1 Å². The van der Waals surface area contributed by atoms with Crippen molar-refractivity contribution in [1.29, 1.82) is 0 Å². The van der Waals surface area contributed by atoms with Gasteiger partial charge in [-0.3, -0.25) is 4.72 Å². The van der Waals surface area contributed by atoms with Crippen LogP contribution in [0, 0.1) is 0 Å².